The molecule has 0 spiro atoms. The molecule has 0 saturated heterocycles. The van der Waals surface area contributed by atoms with Gasteiger partial charge in [-0.15, -0.1) is 0 Å². The molecule has 3 aromatic rings. The molecular weight excluding hydrogens is 396 g/mol. The van der Waals surface area contributed by atoms with E-state index in [0.717, 1.165) is 22.5 Å². The predicted octanol–water partition coefficient (Wildman–Crippen LogP) is 1.38. The maximum absolute atomic E-state index is 12.4. The molecule has 3 rings (SSSR count). The zero-order valence-corrected chi connectivity index (χ0v) is 17.0. The van der Waals surface area contributed by atoms with Crippen LogP contribution in [0, 0.1) is 6.92 Å². The lowest BCUT2D eigenvalue weighted by molar-refractivity contribution is -0.138. The molecule has 1 aromatic heterocycles. The van der Waals surface area contributed by atoms with Gasteiger partial charge in [0, 0.05) is 11.8 Å². The molecule has 2 aromatic carbocycles. The first-order valence-corrected chi connectivity index (χ1v) is 9.62. The van der Waals surface area contributed by atoms with Crippen LogP contribution in [0.2, 0.25) is 0 Å². The van der Waals surface area contributed by atoms with E-state index in [1.54, 1.807) is 28.9 Å². The van der Waals surface area contributed by atoms with E-state index in [0.29, 0.717) is 5.56 Å². The lowest BCUT2D eigenvalue weighted by Crippen LogP contribution is -2.36. The van der Waals surface area contributed by atoms with Crippen molar-refractivity contribution in [3.63, 3.8) is 0 Å². The van der Waals surface area contributed by atoms with Gasteiger partial charge in [-0.3, -0.25) is 14.9 Å². The number of aliphatic carboxylic acids is 1. The minimum absolute atomic E-state index is 0.00609. The van der Waals surface area contributed by atoms with Gasteiger partial charge in [-0.2, -0.15) is 5.10 Å². The SMILES string of the molecule is Cc1ccn(-c2ccccc2CN=C(N)NC(=O)c2ccc(CC(N)C(=O)O)cc2)n1. The van der Waals surface area contributed by atoms with Crippen LogP contribution in [0.3, 0.4) is 0 Å². The molecule has 1 heterocycles. The van der Waals surface area contributed by atoms with Crippen molar-refractivity contribution in [2.75, 3.05) is 0 Å². The fourth-order valence-corrected chi connectivity index (χ4v) is 2.95. The number of rotatable bonds is 7. The summed E-state index contributed by atoms with van der Waals surface area (Å²) < 4.78 is 1.77. The van der Waals surface area contributed by atoms with Crippen molar-refractivity contribution in [3.8, 4) is 5.69 Å². The second-order valence-corrected chi connectivity index (χ2v) is 7.03. The summed E-state index contributed by atoms with van der Waals surface area (Å²) in [5, 5.41) is 15.9. The summed E-state index contributed by atoms with van der Waals surface area (Å²) in [7, 11) is 0. The van der Waals surface area contributed by atoms with Crippen molar-refractivity contribution in [3.05, 3.63) is 83.2 Å². The van der Waals surface area contributed by atoms with E-state index in [1.165, 1.54) is 0 Å². The van der Waals surface area contributed by atoms with Crippen LogP contribution in [-0.2, 0) is 17.8 Å². The molecule has 1 unspecified atom stereocenters. The lowest BCUT2D eigenvalue weighted by atomic mass is 10.0. The number of hydrogen-bond donors (Lipinski definition) is 4. The van der Waals surface area contributed by atoms with Crippen molar-refractivity contribution in [1.29, 1.82) is 0 Å². The maximum Gasteiger partial charge on any atom is 0.320 e. The zero-order chi connectivity index (χ0) is 22.4. The van der Waals surface area contributed by atoms with Crippen LogP contribution in [0.1, 0.15) is 27.2 Å². The average Bonchev–Trinajstić information content (AvgIpc) is 3.19. The third-order valence-corrected chi connectivity index (χ3v) is 4.61. The van der Waals surface area contributed by atoms with Crippen molar-refractivity contribution >= 4 is 17.8 Å². The minimum Gasteiger partial charge on any atom is -0.480 e. The molecule has 0 aliphatic rings. The Bertz CT molecular complexity index is 1100. The molecule has 0 aliphatic heterocycles. The highest BCUT2D eigenvalue weighted by Gasteiger charge is 2.13. The minimum atomic E-state index is -1.07. The summed E-state index contributed by atoms with van der Waals surface area (Å²) in [5.41, 5.74) is 15.2. The lowest BCUT2D eigenvalue weighted by Gasteiger charge is -2.09. The molecule has 31 heavy (non-hydrogen) atoms. The van der Waals surface area contributed by atoms with Crippen LogP contribution in [0.5, 0.6) is 0 Å². The van der Waals surface area contributed by atoms with Gasteiger partial charge in [-0.25, -0.2) is 9.67 Å². The normalized spacial score (nSPS) is 12.4. The maximum atomic E-state index is 12.4. The van der Waals surface area contributed by atoms with Gasteiger partial charge < -0.3 is 16.6 Å². The number of carbonyl (C=O) groups excluding carboxylic acids is 1. The first-order chi connectivity index (χ1) is 14.8. The molecule has 0 bridgehead atoms. The summed E-state index contributed by atoms with van der Waals surface area (Å²) >= 11 is 0. The number of guanidine groups is 1. The number of carboxylic acids is 1. The smallest absolute Gasteiger partial charge is 0.320 e. The van der Waals surface area contributed by atoms with Crippen LogP contribution in [0.4, 0.5) is 0 Å². The van der Waals surface area contributed by atoms with Crippen LogP contribution in [0.25, 0.3) is 5.69 Å². The van der Waals surface area contributed by atoms with Crippen molar-refractivity contribution in [2.24, 2.45) is 16.5 Å². The monoisotopic (exact) mass is 420 g/mol. The Morgan fingerprint density at radius 3 is 2.52 bits per heavy atom. The molecule has 0 saturated carbocycles. The van der Waals surface area contributed by atoms with Gasteiger partial charge in [0.15, 0.2) is 5.96 Å². The third kappa shape index (κ3) is 5.77. The van der Waals surface area contributed by atoms with Gasteiger partial charge in [0.05, 0.1) is 17.9 Å². The Morgan fingerprint density at radius 2 is 1.87 bits per heavy atom. The molecule has 160 valence electrons. The number of aliphatic imine (C=N–C) groups is 1. The van der Waals surface area contributed by atoms with E-state index in [2.05, 4.69) is 15.4 Å². The van der Waals surface area contributed by atoms with E-state index in [1.807, 2.05) is 43.5 Å². The second kappa shape index (κ2) is 9.68. The number of amides is 1. The van der Waals surface area contributed by atoms with Crippen LogP contribution >= 0.6 is 0 Å². The van der Waals surface area contributed by atoms with E-state index >= 15 is 0 Å². The number of carboxylic acid groups (broad SMARTS) is 1. The number of aryl methyl sites for hydroxylation is 1. The first kappa shape index (κ1) is 21.7. The number of benzene rings is 2. The van der Waals surface area contributed by atoms with E-state index in [-0.39, 0.29) is 18.9 Å². The van der Waals surface area contributed by atoms with Gasteiger partial charge >= 0.3 is 5.97 Å². The van der Waals surface area contributed by atoms with Gasteiger partial charge in [-0.1, -0.05) is 30.3 Å². The zero-order valence-electron chi connectivity index (χ0n) is 17.0. The number of aromatic nitrogens is 2. The fraction of sp³-hybridized carbons (Fsp3) is 0.182. The Balaban J connectivity index is 1.63. The summed E-state index contributed by atoms with van der Waals surface area (Å²) in [6, 6.07) is 15.1. The Morgan fingerprint density at radius 1 is 1.16 bits per heavy atom. The summed E-state index contributed by atoms with van der Waals surface area (Å²) in [4.78, 5) is 27.5. The van der Waals surface area contributed by atoms with Crippen molar-refractivity contribution < 1.29 is 14.7 Å². The highest BCUT2D eigenvalue weighted by Crippen LogP contribution is 2.15. The summed E-state index contributed by atoms with van der Waals surface area (Å²) in [6.07, 6.45) is 2.05. The molecular formula is C22H24N6O3. The van der Waals surface area contributed by atoms with E-state index in [4.69, 9.17) is 16.6 Å². The van der Waals surface area contributed by atoms with Crippen molar-refractivity contribution in [2.45, 2.75) is 25.9 Å². The Hall–Kier alpha value is -3.98. The van der Waals surface area contributed by atoms with Crippen LogP contribution in [-0.4, -0.2) is 38.8 Å². The molecule has 0 aliphatic carbocycles. The predicted molar refractivity (Wildman–Crippen MR) is 117 cm³/mol. The van der Waals surface area contributed by atoms with Crippen LogP contribution in [0.15, 0.2) is 65.8 Å². The molecule has 0 fully saturated rings. The fourth-order valence-electron chi connectivity index (χ4n) is 2.95. The van der Waals surface area contributed by atoms with Gasteiger partial charge in [0.1, 0.15) is 6.04 Å². The summed E-state index contributed by atoms with van der Waals surface area (Å²) in [5.74, 6) is -1.49. The molecule has 1 atom stereocenters. The average molecular weight is 420 g/mol. The third-order valence-electron chi connectivity index (χ3n) is 4.61. The van der Waals surface area contributed by atoms with E-state index in [9.17, 15) is 9.59 Å². The molecule has 1 amide bonds. The van der Waals surface area contributed by atoms with E-state index < -0.39 is 17.9 Å². The van der Waals surface area contributed by atoms with Crippen molar-refractivity contribution in [1.82, 2.24) is 15.1 Å². The Kier molecular flexibility index (Phi) is 6.78. The summed E-state index contributed by atoms with van der Waals surface area (Å²) in [6.45, 7) is 2.19. The standard InChI is InChI=1S/C22H24N6O3/c1-14-10-11-28(27-14)19-5-3-2-4-17(19)13-25-22(24)26-20(29)16-8-6-15(7-9-16)12-18(23)21(30)31/h2-11,18H,12-13,23H2,1H3,(H,30,31)(H3,24,25,26,29). The molecule has 9 nitrogen and oxygen atoms in total. The first-order valence-electron chi connectivity index (χ1n) is 9.62. The van der Waals surface area contributed by atoms with Gasteiger partial charge in [-0.05, 0) is 48.7 Å². The quantitative estimate of drug-likeness (QED) is 0.335. The number of nitrogens with two attached hydrogens (primary N) is 2. The molecule has 9 heteroatoms. The number of hydrogen-bond acceptors (Lipinski definition) is 5. The topological polar surface area (TPSA) is 149 Å². The molecule has 6 N–H and O–H groups in total. The highest BCUT2D eigenvalue weighted by molar-refractivity contribution is 6.05. The van der Waals surface area contributed by atoms with Gasteiger partial charge in [0.25, 0.3) is 5.91 Å². The second-order valence-electron chi connectivity index (χ2n) is 7.03. The number of para-hydroxylation sites is 1. The largest absolute Gasteiger partial charge is 0.480 e. The number of nitrogens with one attached hydrogen (secondary N) is 1. The van der Waals surface area contributed by atoms with Gasteiger partial charge in [0.2, 0.25) is 0 Å². The number of nitrogens with zero attached hydrogens (tertiary/aromatic N) is 3. The highest BCUT2D eigenvalue weighted by atomic mass is 16.4. The number of carbonyl (C=O) groups is 2. The van der Waals surface area contributed by atoms with Crippen LogP contribution < -0.4 is 16.8 Å². The Labute approximate surface area is 179 Å². The molecule has 0 radical (unpaired) electrons.